The number of aromatic nitrogens is 3. The molecule has 7 nitrogen and oxygen atoms in total. The van der Waals surface area contributed by atoms with Crippen molar-refractivity contribution in [3.63, 3.8) is 0 Å². The Labute approximate surface area is 113 Å². The van der Waals surface area contributed by atoms with Crippen molar-refractivity contribution in [1.82, 2.24) is 15.0 Å². The fraction of sp³-hybridized carbons (Fsp3) is 0.333. The molecule has 0 saturated heterocycles. The molecule has 20 heavy (non-hydrogen) atoms. The predicted molar refractivity (Wildman–Crippen MR) is 67.6 cm³/mol. The Bertz CT molecular complexity index is 614. The van der Waals surface area contributed by atoms with Gasteiger partial charge in [-0.15, -0.1) is 5.10 Å². The molecule has 8 heteroatoms. The van der Waals surface area contributed by atoms with E-state index in [9.17, 15) is 14.5 Å². The molecular weight excluding hydrogens is 267 g/mol. The summed E-state index contributed by atoms with van der Waals surface area (Å²) >= 11 is 0. The zero-order valence-corrected chi connectivity index (χ0v) is 10.6. The number of nitro groups is 1. The van der Waals surface area contributed by atoms with Crippen molar-refractivity contribution in [2.75, 3.05) is 6.61 Å². The lowest BCUT2D eigenvalue weighted by molar-refractivity contribution is -0.385. The second kappa shape index (κ2) is 6.20. The van der Waals surface area contributed by atoms with Crippen LogP contribution in [-0.4, -0.2) is 31.6 Å². The van der Waals surface area contributed by atoms with Gasteiger partial charge in [0.25, 0.3) is 5.69 Å². The van der Waals surface area contributed by atoms with Crippen molar-refractivity contribution in [3.05, 3.63) is 51.6 Å². The maximum absolute atomic E-state index is 13.3. The van der Waals surface area contributed by atoms with Gasteiger partial charge in [-0.1, -0.05) is 5.21 Å². The lowest BCUT2D eigenvalue weighted by Gasteiger charge is -2.01. The van der Waals surface area contributed by atoms with E-state index in [1.54, 1.807) is 6.20 Å². The van der Waals surface area contributed by atoms with E-state index in [4.69, 9.17) is 5.11 Å². The van der Waals surface area contributed by atoms with Gasteiger partial charge < -0.3 is 5.11 Å². The van der Waals surface area contributed by atoms with E-state index in [0.29, 0.717) is 24.1 Å². The van der Waals surface area contributed by atoms with E-state index >= 15 is 0 Å². The van der Waals surface area contributed by atoms with Gasteiger partial charge in [-0.2, -0.15) is 0 Å². The van der Waals surface area contributed by atoms with E-state index in [-0.39, 0.29) is 18.8 Å². The largest absolute Gasteiger partial charge is 0.396 e. The summed E-state index contributed by atoms with van der Waals surface area (Å²) in [6.45, 7) is 0.272. The molecule has 0 unspecified atom stereocenters. The number of aliphatic hydroxyl groups excluding tert-OH is 1. The van der Waals surface area contributed by atoms with Crippen LogP contribution in [0.4, 0.5) is 10.1 Å². The Hall–Kier alpha value is -2.35. The third-order valence-electron chi connectivity index (χ3n) is 2.67. The van der Waals surface area contributed by atoms with Crippen LogP contribution in [0.25, 0.3) is 0 Å². The highest BCUT2D eigenvalue weighted by Crippen LogP contribution is 2.17. The minimum absolute atomic E-state index is 0.0724. The Kier molecular flexibility index (Phi) is 4.36. The summed E-state index contributed by atoms with van der Waals surface area (Å²) in [5.41, 5.74) is 0.862. The van der Waals surface area contributed by atoms with Gasteiger partial charge >= 0.3 is 0 Å². The molecule has 1 aromatic carbocycles. The summed E-state index contributed by atoms with van der Waals surface area (Å²) in [7, 11) is 0. The van der Waals surface area contributed by atoms with Crippen LogP contribution in [0.15, 0.2) is 24.4 Å². The molecule has 2 aromatic rings. The van der Waals surface area contributed by atoms with Gasteiger partial charge in [0.15, 0.2) is 0 Å². The van der Waals surface area contributed by atoms with Gasteiger partial charge in [-0.3, -0.25) is 10.1 Å². The minimum Gasteiger partial charge on any atom is -0.396 e. The second-order valence-corrected chi connectivity index (χ2v) is 4.31. The van der Waals surface area contributed by atoms with Crippen LogP contribution in [0.1, 0.15) is 17.7 Å². The normalized spacial score (nSPS) is 10.7. The lowest BCUT2D eigenvalue weighted by atomic mass is 10.2. The molecule has 0 spiro atoms. The first-order valence-electron chi connectivity index (χ1n) is 6.02. The zero-order chi connectivity index (χ0) is 14.5. The molecule has 0 bridgehead atoms. The summed E-state index contributed by atoms with van der Waals surface area (Å²) in [5.74, 6) is -0.658. The average molecular weight is 280 g/mol. The molecule has 1 aromatic heterocycles. The zero-order valence-electron chi connectivity index (χ0n) is 10.6. The maximum Gasteiger partial charge on any atom is 0.272 e. The number of nitrogens with zero attached hydrogens (tertiary/aromatic N) is 4. The summed E-state index contributed by atoms with van der Waals surface area (Å²) in [5, 5.41) is 27.1. The first kappa shape index (κ1) is 14.1. The highest BCUT2D eigenvalue weighted by atomic mass is 19.1. The van der Waals surface area contributed by atoms with Crippen molar-refractivity contribution >= 4 is 5.69 Å². The van der Waals surface area contributed by atoms with Crippen LogP contribution in [0.2, 0.25) is 0 Å². The van der Waals surface area contributed by atoms with Gasteiger partial charge in [0.2, 0.25) is 0 Å². The number of hydrogen-bond donors (Lipinski definition) is 1. The molecule has 1 heterocycles. The maximum atomic E-state index is 13.3. The number of aliphatic hydroxyl groups is 1. The molecule has 0 aliphatic carbocycles. The summed E-state index contributed by atoms with van der Waals surface area (Å²) in [6.07, 6.45) is 2.86. The molecular formula is C12H13FN4O3. The third kappa shape index (κ3) is 3.58. The average Bonchev–Trinajstić information content (AvgIpc) is 2.83. The molecule has 106 valence electrons. The molecule has 0 atom stereocenters. The summed E-state index contributed by atoms with van der Waals surface area (Å²) in [4.78, 5) is 10.0. The first-order chi connectivity index (χ1) is 9.58. The summed E-state index contributed by atoms with van der Waals surface area (Å²) < 4.78 is 14.8. The van der Waals surface area contributed by atoms with E-state index in [2.05, 4.69) is 10.3 Å². The Morgan fingerprint density at radius 3 is 2.90 bits per heavy atom. The van der Waals surface area contributed by atoms with Gasteiger partial charge in [-0.25, -0.2) is 9.07 Å². The minimum atomic E-state index is -0.658. The van der Waals surface area contributed by atoms with E-state index < -0.39 is 10.7 Å². The van der Waals surface area contributed by atoms with Gasteiger partial charge in [-0.05, 0) is 24.5 Å². The van der Waals surface area contributed by atoms with Gasteiger partial charge in [0.05, 0.1) is 23.2 Å². The van der Waals surface area contributed by atoms with Crippen LogP contribution in [-0.2, 0) is 13.0 Å². The molecule has 0 fully saturated rings. The number of aryl methyl sites for hydroxylation is 1. The van der Waals surface area contributed by atoms with Crippen LogP contribution >= 0.6 is 0 Å². The van der Waals surface area contributed by atoms with Crippen LogP contribution < -0.4 is 0 Å². The highest BCUT2D eigenvalue weighted by Gasteiger charge is 2.10. The molecule has 0 amide bonds. The summed E-state index contributed by atoms with van der Waals surface area (Å²) in [6, 6.07) is 3.40. The Balaban J connectivity index is 2.13. The van der Waals surface area contributed by atoms with Crippen LogP contribution in [0.3, 0.4) is 0 Å². The lowest BCUT2D eigenvalue weighted by Crippen LogP contribution is -2.02. The number of nitro benzene ring substituents is 1. The topological polar surface area (TPSA) is 94.1 Å². The van der Waals surface area contributed by atoms with Crippen LogP contribution in [0, 0.1) is 15.9 Å². The van der Waals surface area contributed by atoms with Gasteiger partial charge in [0.1, 0.15) is 5.82 Å². The number of hydrogen-bond acceptors (Lipinski definition) is 5. The molecule has 0 radical (unpaired) electrons. The predicted octanol–water partition coefficient (Wildman–Crippen LogP) is 1.30. The first-order valence-corrected chi connectivity index (χ1v) is 6.02. The molecule has 0 aliphatic heterocycles. The molecule has 0 aliphatic rings. The third-order valence-corrected chi connectivity index (χ3v) is 2.67. The quantitative estimate of drug-likeness (QED) is 0.635. The van der Waals surface area contributed by atoms with Crippen molar-refractivity contribution < 1.29 is 14.4 Å². The van der Waals surface area contributed by atoms with Gasteiger partial charge in [0, 0.05) is 18.9 Å². The molecule has 0 saturated carbocycles. The number of benzene rings is 1. The van der Waals surface area contributed by atoms with E-state index in [1.807, 2.05) is 0 Å². The number of non-ortho nitro benzene ring substituents is 1. The van der Waals surface area contributed by atoms with Crippen molar-refractivity contribution in [2.45, 2.75) is 19.4 Å². The number of halogens is 1. The Morgan fingerprint density at radius 2 is 2.20 bits per heavy atom. The van der Waals surface area contributed by atoms with E-state index in [1.165, 1.54) is 16.8 Å². The van der Waals surface area contributed by atoms with E-state index in [0.717, 1.165) is 6.07 Å². The fourth-order valence-electron chi connectivity index (χ4n) is 1.81. The van der Waals surface area contributed by atoms with Crippen molar-refractivity contribution in [2.24, 2.45) is 0 Å². The molecule has 1 N–H and O–H groups in total. The number of rotatable bonds is 6. The monoisotopic (exact) mass is 280 g/mol. The fourth-order valence-corrected chi connectivity index (χ4v) is 1.81. The highest BCUT2D eigenvalue weighted by molar-refractivity contribution is 5.35. The second-order valence-electron chi connectivity index (χ2n) is 4.31. The molecule has 2 rings (SSSR count). The van der Waals surface area contributed by atoms with Crippen molar-refractivity contribution in [3.8, 4) is 0 Å². The van der Waals surface area contributed by atoms with Crippen molar-refractivity contribution in [1.29, 1.82) is 0 Å². The SMILES string of the molecule is O=[N+]([O-])c1cc(F)cc(Cn2cc(CCCO)nn2)c1. The standard InChI is InChI=1S/C12H13FN4O3/c13-10-4-9(5-12(6-10)17(19)20)7-16-8-11(14-15-16)2-1-3-18/h4-6,8,18H,1-3,7H2. The smallest absolute Gasteiger partial charge is 0.272 e. The van der Waals surface area contributed by atoms with Crippen LogP contribution in [0.5, 0.6) is 0 Å². The Morgan fingerprint density at radius 1 is 1.40 bits per heavy atom.